The highest BCUT2D eigenvalue weighted by Crippen LogP contribution is 2.30. The first-order valence-electron chi connectivity index (χ1n) is 10.9. The lowest BCUT2D eigenvalue weighted by Crippen LogP contribution is -2.51. The van der Waals surface area contributed by atoms with Crippen LogP contribution in [0.15, 0.2) is 36.8 Å². The number of rotatable bonds is 7. The molecule has 1 fully saturated rings. The summed E-state index contributed by atoms with van der Waals surface area (Å²) in [6.45, 7) is 4.72. The number of carbonyl (C=O) groups is 1. The quantitative estimate of drug-likeness (QED) is 0.415. The number of carbonyl (C=O) groups excluding carboxylic acids is 1. The number of H-pyrrole nitrogens is 2. The zero-order valence-electron chi connectivity index (χ0n) is 18.6. The minimum Gasteiger partial charge on any atom is -0.395 e. The lowest BCUT2D eigenvalue weighted by Gasteiger charge is -2.40. The number of aliphatic hydroxyl groups excluding tert-OH is 1. The first kappa shape index (κ1) is 23.8. The molecule has 4 heterocycles. The first-order chi connectivity index (χ1) is 16.3. The van der Waals surface area contributed by atoms with Crippen molar-refractivity contribution in [2.45, 2.75) is 25.7 Å². The maximum absolute atomic E-state index is 12.8. The van der Waals surface area contributed by atoms with Gasteiger partial charge in [-0.2, -0.15) is 18.3 Å². The Hall–Kier alpha value is -3.38. The van der Waals surface area contributed by atoms with Crippen LogP contribution in [-0.4, -0.2) is 74.9 Å². The summed E-state index contributed by atoms with van der Waals surface area (Å²) in [5.41, 5.74) is 2.06. The van der Waals surface area contributed by atoms with Crippen LogP contribution in [0.1, 0.15) is 28.4 Å². The molecule has 0 saturated carbocycles. The van der Waals surface area contributed by atoms with Gasteiger partial charge in [-0.25, -0.2) is 4.98 Å². The van der Waals surface area contributed by atoms with Gasteiger partial charge in [-0.05, 0) is 25.1 Å². The number of pyridine rings is 1. The highest BCUT2D eigenvalue weighted by molar-refractivity contribution is 5.95. The number of alkyl halides is 3. The average molecular weight is 477 g/mol. The van der Waals surface area contributed by atoms with Crippen molar-refractivity contribution in [1.82, 2.24) is 30.4 Å². The number of hydrogen-bond donors (Lipinski definition) is 4. The Morgan fingerprint density at radius 1 is 1.29 bits per heavy atom. The van der Waals surface area contributed by atoms with E-state index in [4.69, 9.17) is 5.11 Å². The molecule has 1 aliphatic rings. The molecule has 34 heavy (non-hydrogen) atoms. The van der Waals surface area contributed by atoms with E-state index in [1.165, 1.54) is 6.07 Å². The lowest BCUT2D eigenvalue weighted by atomic mass is 10.1. The molecule has 1 atom stereocenters. The zero-order chi connectivity index (χ0) is 24.3. The van der Waals surface area contributed by atoms with Crippen molar-refractivity contribution < 1.29 is 23.1 Å². The van der Waals surface area contributed by atoms with Gasteiger partial charge in [0.2, 0.25) is 0 Å². The molecule has 1 saturated heterocycles. The normalized spacial score (nSPS) is 17.2. The topological polar surface area (TPSA) is 113 Å². The molecule has 9 nitrogen and oxygen atoms in total. The number of aromatic nitrogens is 4. The van der Waals surface area contributed by atoms with Gasteiger partial charge < -0.3 is 20.3 Å². The summed E-state index contributed by atoms with van der Waals surface area (Å²) in [4.78, 5) is 23.5. The van der Waals surface area contributed by atoms with E-state index in [0.717, 1.165) is 17.8 Å². The van der Waals surface area contributed by atoms with E-state index in [1.54, 1.807) is 12.3 Å². The number of hydrogen-bond acceptors (Lipinski definition) is 6. The molecule has 4 rings (SSSR count). The minimum absolute atomic E-state index is 0.0562. The Labute approximate surface area is 194 Å². The third kappa shape index (κ3) is 5.23. The van der Waals surface area contributed by atoms with Crippen molar-refractivity contribution in [2.24, 2.45) is 0 Å². The Morgan fingerprint density at radius 2 is 2.12 bits per heavy atom. The summed E-state index contributed by atoms with van der Waals surface area (Å²) < 4.78 is 38.4. The molecule has 0 aromatic carbocycles. The van der Waals surface area contributed by atoms with Gasteiger partial charge in [0.1, 0.15) is 11.5 Å². The van der Waals surface area contributed by atoms with Crippen molar-refractivity contribution in [3.05, 3.63) is 53.5 Å². The van der Waals surface area contributed by atoms with Gasteiger partial charge in [-0.1, -0.05) is 0 Å². The second-order valence-corrected chi connectivity index (χ2v) is 8.22. The van der Waals surface area contributed by atoms with Crippen LogP contribution >= 0.6 is 0 Å². The van der Waals surface area contributed by atoms with Gasteiger partial charge >= 0.3 is 6.18 Å². The molecule has 3 aromatic rings. The minimum atomic E-state index is -4.40. The van der Waals surface area contributed by atoms with E-state index in [2.05, 4.69) is 30.4 Å². The number of aromatic amines is 2. The number of piperazine rings is 1. The van der Waals surface area contributed by atoms with Crippen molar-refractivity contribution >= 4 is 11.7 Å². The van der Waals surface area contributed by atoms with Gasteiger partial charge in [0, 0.05) is 62.9 Å². The SMILES string of the molecule is CC1CN(Cc2c[nH]nc2-c2cc(C(=O)NCCO)c[nH]2)CCN1c1ccc(C(F)(F)F)cn1. The summed E-state index contributed by atoms with van der Waals surface area (Å²) >= 11 is 0. The molecule has 12 heteroatoms. The highest BCUT2D eigenvalue weighted by atomic mass is 19.4. The molecular weight excluding hydrogens is 451 g/mol. The zero-order valence-corrected chi connectivity index (χ0v) is 18.6. The van der Waals surface area contributed by atoms with E-state index >= 15 is 0 Å². The van der Waals surface area contributed by atoms with E-state index in [1.807, 2.05) is 18.0 Å². The molecule has 0 aliphatic carbocycles. The summed E-state index contributed by atoms with van der Waals surface area (Å²) in [5.74, 6) is 0.248. The molecule has 182 valence electrons. The van der Waals surface area contributed by atoms with Crippen LogP contribution in [0.3, 0.4) is 0 Å². The number of anilines is 1. The fraction of sp³-hybridized carbons (Fsp3) is 0.409. The standard InChI is InChI=1S/C22H26F3N7O2/c1-14-12-31(5-6-32(14)19-3-2-17(11-28-19)22(23,24)25)13-16-10-29-30-20(16)18-8-15(9-27-18)21(34)26-4-7-33/h2-3,8-11,14,27,33H,4-7,12-13H2,1H3,(H,26,34)(H,29,30). The largest absolute Gasteiger partial charge is 0.417 e. The molecule has 0 radical (unpaired) electrons. The molecule has 0 bridgehead atoms. The summed E-state index contributed by atoms with van der Waals surface area (Å²) in [5, 5.41) is 18.7. The Kier molecular flexibility index (Phi) is 6.89. The van der Waals surface area contributed by atoms with E-state index in [-0.39, 0.29) is 25.1 Å². The molecule has 4 N–H and O–H groups in total. The highest BCUT2D eigenvalue weighted by Gasteiger charge is 2.32. The Morgan fingerprint density at radius 3 is 2.79 bits per heavy atom. The molecule has 3 aromatic heterocycles. The van der Waals surface area contributed by atoms with Gasteiger partial charge in [0.05, 0.1) is 23.4 Å². The third-order valence-electron chi connectivity index (χ3n) is 5.79. The van der Waals surface area contributed by atoms with Crippen molar-refractivity contribution in [1.29, 1.82) is 0 Å². The van der Waals surface area contributed by atoms with Crippen molar-refractivity contribution in [3.63, 3.8) is 0 Å². The maximum atomic E-state index is 12.8. The predicted molar refractivity (Wildman–Crippen MR) is 119 cm³/mol. The number of halogens is 3. The van der Waals surface area contributed by atoms with Gasteiger partial charge in [-0.3, -0.25) is 14.8 Å². The number of amides is 1. The summed E-state index contributed by atoms with van der Waals surface area (Å²) in [7, 11) is 0. The van der Waals surface area contributed by atoms with Crippen LogP contribution in [0.2, 0.25) is 0 Å². The fourth-order valence-electron chi connectivity index (χ4n) is 4.08. The lowest BCUT2D eigenvalue weighted by molar-refractivity contribution is -0.137. The van der Waals surface area contributed by atoms with Gasteiger partial charge in [0.15, 0.2) is 0 Å². The molecule has 0 spiro atoms. The Bertz CT molecular complexity index is 1110. The van der Waals surface area contributed by atoms with Crippen LogP contribution < -0.4 is 10.2 Å². The van der Waals surface area contributed by atoms with Crippen LogP contribution in [0.25, 0.3) is 11.4 Å². The van der Waals surface area contributed by atoms with Crippen molar-refractivity contribution in [3.8, 4) is 11.4 Å². The molecular formula is C22H26F3N7O2. The summed E-state index contributed by atoms with van der Waals surface area (Å²) in [6.07, 6.45) is -0.114. The van der Waals surface area contributed by atoms with E-state index < -0.39 is 11.7 Å². The van der Waals surface area contributed by atoms with Crippen LogP contribution in [0.5, 0.6) is 0 Å². The third-order valence-corrected chi connectivity index (χ3v) is 5.79. The van der Waals surface area contributed by atoms with Crippen LogP contribution in [0.4, 0.5) is 19.0 Å². The second kappa shape index (κ2) is 9.85. The number of nitrogens with zero attached hydrogens (tertiary/aromatic N) is 4. The number of aliphatic hydroxyl groups is 1. The van der Waals surface area contributed by atoms with Gasteiger partial charge in [0.25, 0.3) is 5.91 Å². The van der Waals surface area contributed by atoms with Crippen LogP contribution in [0, 0.1) is 0 Å². The van der Waals surface area contributed by atoms with Crippen LogP contribution in [-0.2, 0) is 12.7 Å². The molecule has 1 amide bonds. The monoisotopic (exact) mass is 477 g/mol. The first-order valence-corrected chi connectivity index (χ1v) is 10.9. The molecule has 1 unspecified atom stereocenters. The number of nitrogens with one attached hydrogen (secondary N) is 3. The van der Waals surface area contributed by atoms with E-state index in [9.17, 15) is 18.0 Å². The smallest absolute Gasteiger partial charge is 0.395 e. The predicted octanol–water partition coefficient (Wildman–Crippen LogP) is 2.25. The van der Waals surface area contributed by atoms with Crippen molar-refractivity contribution in [2.75, 3.05) is 37.7 Å². The Balaban J connectivity index is 1.39. The summed E-state index contributed by atoms with van der Waals surface area (Å²) in [6, 6.07) is 4.25. The molecule has 1 aliphatic heterocycles. The maximum Gasteiger partial charge on any atom is 0.417 e. The van der Waals surface area contributed by atoms with Gasteiger partial charge in [-0.15, -0.1) is 0 Å². The average Bonchev–Trinajstić information content (AvgIpc) is 3.47. The van der Waals surface area contributed by atoms with E-state index in [0.29, 0.717) is 48.9 Å². The second-order valence-electron chi connectivity index (χ2n) is 8.22. The fourth-order valence-corrected chi connectivity index (χ4v) is 4.08.